The number of thiocarbonyl (C=S) groups is 1. The number of aryl methyl sites for hydroxylation is 2. The fourth-order valence-electron chi connectivity index (χ4n) is 2.69. The number of halogens is 1. The van der Waals surface area contributed by atoms with Crippen LogP contribution in [-0.4, -0.2) is 35.4 Å². The summed E-state index contributed by atoms with van der Waals surface area (Å²) in [5.41, 5.74) is 3.21. The molecule has 2 aromatic carbocycles. The number of rotatable bonds is 7. The molecule has 0 radical (unpaired) electrons. The first kappa shape index (κ1) is 21.7. The lowest BCUT2D eigenvalue weighted by Crippen LogP contribution is -2.22. The van der Waals surface area contributed by atoms with Crippen molar-refractivity contribution in [2.45, 2.75) is 20.3 Å². The molecular weight excluding hydrogens is 426 g/mol. The van der Waals surface area contributed by atoms with Crippen molar-refractivity contribution in [1.29, 1.82) is 0 Å². The van der Waals surface area contributed by atoms with Crippen LogP contribution in [-0.2, 0) is 4.79 Å². The van der Waals surface area contributed by atoms with Crippen LogP contribution in [0.3, 0.4) is 0 Å². The summed E-state index contributed by atoms with van der Waals surface area (Å²) >= 11 is 12.6. The van der Waals surface area contributed by atoms with E-state index in [0.717, 1.165) is 17.7 Å². The average molecular weight is 448 g/mol. The molecule has 0 aliphatic carbocycles. The highest BCUT2D eigenvalue weighted by Gasteiger charge is 2.29. The van der Waals surface area contributed by atoms with Crippen molar-refractivity contribution in [1.82, 2.24) is 4.90 Å². The van der Waals surface area contributed by atoms with Crippen LogP contribution in [0.4, 0.5) is 0 Å². The van der Waals surface area contributed by atoms with Crippen molar-refractivity contribution in [2.75, 3.05) is 20.3 Å². The minimum Gasteiger partial charge on any atom is -0.493 e. The van der Waals surface area contributed by atoms with Crippen molar-refractivity contribution in [3.8, 4) is 11.5 Å². The van der Waals surface area contributed by atoms with E-state index in [9.17, 15) is 4.79 Å². The molecule has 1 fully saturated rings. The van der Waals surface area contributed by atoms with Gasteiger partial charge in [-0.2, -0.15) is 0 Å². The Morgan fingerprint density at radius 1 is 1.10 bits per heavy atom. The molecule has 1 aliphatic rings. The Labute approximate surface area is 185 Å². The van der Waals surface area contributed by atoms with Crippen molar-refractivity contribution >= 4 is 51.9 Å². The van der Waals surface area contributed by atoms with Crippen LogP contribution in [0.15, 0.2) is 41.3 Å². The van der Waals surface area contributed by atoms with E-state index in [1.165, 1.54) is 27.8 Å². The second-order valence-corrected chi connectivity index (χ2v) is 8.83. The Bertz CT molecular complexity index is 975. The molecule has 0 saturated carbocycles. The lowest BCUT2D eigenvalue weighted by atomic mass is 10.1. The highest BCUT2D eigenvalue weighted by atomic mass is 35.5. The first-order chi connectivity index (χ1) is 13.8. The summed E-state index contributed by atoms with van der Waals surface area (Å²) in [6.45, 7) is 5.19. The van der Waals surface area contributed by atoms with Crippen LogP contribution >= 0.6 is 35.6 Å². The predicted octanol–water partition coefficient (Wildman–Crippen LogP) is 5.64. The molecule has 0 atom stereocenters. The molecule has 1 heterocycles. The van der Waals surface area contributed by atoms with E-state index in [4.69, 9.17) is 33.3 Å². The molecule has 7 heteroatoms. The Morgan fingerprint density at radius 3 is 2.55 bits per heavy atom. The van der Waals surface area contributed by atoms with Gasteiger partial charge in [0, 0.05) is 24.1 Å². The number of thioether (sulfide) groups is 1. The number of ether oxygens (including phenoxy) is 2. The summed E-state index contributed by atoms with van der Waals surface area (Å²) in [4.78, 5) is 14.3. The Kier molecular flexibility index (Phi) is 7.22. The van der Waals surface area contributed by atoms with Gasteiger partial charge in [-0.1, -0.05) is 41.6 Å². The van der Waals surface area contributed by atoms with Gasteiger partial charge >= 0.3 is 0 Å². The summed E-state index contributed by atoms with van der Waals surface area (Å²) in [6, 6.07) is 11.4. The van der Waals surface area contributed by atoms with Gasteiger partial charge in [0.25, 0.3) is 5.91 Å². The Balaban J connectivity index is 1.59. The summed E-state index contributed by atoms with van der Waals surface area (Å²) < 4.78 is 12.3. The topological polar surface area (TPSA) is 38.8 Å². The van der Waals surface area contributed by atoms with Gasteiger partial charge in [-0.25, -0.2) is 0 Å². The summed E-state index contributed by atoms with van der Waals surface area (Å²) in [5, 5.41) is 0.577. The molecule has 0 unspecified atom stereocenters. The van der Waals surface area contributed by atoms with Gasteiger partial charge in [-0.05, 0) is 61.4 Å². The van der Waals surface area contributed by atoms with Gasteiger partial charge < -0.3 is 9.47 Å². The van der Waals surface area contributed by atoms with Crippen molar-refractivity contribution in [3.63, 3.8) is 0 Å². The van der Waals surface area contributed by atoms with E-state index in [1.807, 2.05) is 18.2 Å². The minimum atomic E-state index is -0.118. The van der Waals surface area contributed by atoms with Crippen LogP contribution in [0.2, 0.25) is 5.02 Å². The lowest BCUT2D eigenvalue weighted by Gasteiger charge is -2.11. The number of benzene rings is 2. The molecule has 152 valence electrons. The maximum absolute atomic E-state index is 12.3. The largest absolute Gasteiger partial charge is 0.493 e. The molecule has 1 amide bonds. The number of amides is 1. The third-order valence-electron chi connectivity index (χ3n) is 4.54. The second-order valence-electron chi connectivity index (χ2n) is 6.72. The smallest absolute Gasteiger partial charge is 0.265 e. The third kappa shape index (κ3) is 5.53. The predicted molar refractivity (Wildman–Crippen MR) is 124 cm³/mol. The van der Waals surface area contributed by atoms with Gasteiger partial charge in [0.2, 0.25) is 0 Å². The normalized spacial score (nSPS) is 15.3. The maximum atomic E-state index is 12.3. The molecule has 3 rings (SSSR count). The van der Waals surface area contributed by atoms with E-state index in [1.54, 1.807) is 25.3 Å². The molecule has 4 nitrogen and oxygen atoms in total. The van der Waals surface area contributed by atoms with Crippen LogP contribution in [0.5, 0.6) is 11.5 Å². The van der Waals surface area contributed by atoms with E-state index >= 15 is 0 Å². The highest BCUT2D eigenvalue weighted by molar-refractivity contribution is 8.26. The van der Waals surface area contributed by atoms with Gasteiger partial charge in [-0.3, -0.25) is 9.69 Å². The minimum absolute atomic E-state index is 0.118. The molecule has 0 aromatic heterocycles. The zero-order valence-electron chi connectivity index (χ0n) is 16.5. The first-order valence-corrected chi connectivity index (χ1v) is 10.8. The molecule has 0 N–H and O–H groups in total. The number of carbonyl (C=O) groups excluding carboxylic acids is 1. The zero-order chi connectivity index (χ0) is 21.0. The number of nitrogens with zero attached hydrogens (tertiary/aromatic N) is 1. The van der Waals surface area contributed by atoms with Gasteiger partial charge in [0.1, 0.15) is 15.8 Å². The summed E-state index contributed by atoms with van der Waals surface area (Å²) in [7, 11) is 1.67. The Hall–Kier alpha value is -2.02. The van der Waals surface area contributed by atoms with Crippen molar-refractivity contribution in [3.05, 3.63) is 63.0 Å². The molecule has 0 spiro atoms. The monoisotopic (exact) mass is 447 g/mol. The maximum Gasteiger partial charge on any atom is 0.265 e. The van der Waals surface area contributed by atoms with Gasteiger partial charge in [0.05, 0.1) is 18.1 Å². The number of hydrogen-bond acceptors (Lipinski definition) is 5. The van der Waals surface area contributed by atoms with Gasteiger partial charge in [0.15, 0.2) is 0 Å². The fourth-order valence-corrected chi connectivity index (χ4v) is 4.04. The zero-order valence-corrected chi connectivity index (χ0v) is 18.9. The van der Waals surface area contributed by atoms with Crippen LogP contribution in [0.25, 0.3) is 6.08 Å². The highest BCUT2D eigenvalue weighted by Crippen LogP contribution is 2.34. The standard InChI is InChI=1S/C22H22ClNO3S2/c1-14-5-7-18(11-15(14)2)26-9-4-10-27-19-8-6-17(23)12-16(19)13-20-21(25)24(3)22(28)29-20/h5-8,11-13H,4,9-10H2,1-3H3/b20-13+. The molecule has 0 bridgehead atoms. The fraction of sp³-hybridized carbons (Fsp3) is 0.273. The first-order valence-electron chi connectivity index (χ1n) is 9.19. The molecular formula is C22H22ClNO3S2. The lowest BCUT2D eigenvalue weighted by molar-refractivity contribution is -0.121. The summed E-state index contributed by atoms with van der Waals surface area (Å²) in [5.74, 6) is 1.41. The van der Waals surface area contributed by atoms with Crippen molar-refractivity contribution in [2.24, 2.45) is 0 Å². The van der Waals surface area contributed by atoms with E-state index in [2.05, 4.69) is 19.9 Å². The summed E-state index contributed by atoms with van der Waals surface area (Å²) in [6.07, 6.45) is 2.50. The van der Waals surface area contributed by atoms with E-state index in [0.29, 0.717) is 33.2 Å². The molecule has 29 heavy (non-hydrogen) atoms. The molecule has 1 aliphatic heterocycles. The van der Waals surface area contributed by atoms with Gasteiger partial charge in [-0.15, -0.1) is 0 Å². The van der Waals surface area contributed by atoms with Crippen molar-refractivity contribution < 1.29 is 14.3 Å². The quantitative estimate of drug-likeness (QED) is 0.312. The van der Waals surface area contributed by atoms with Crippen LogP contribution in [0.1, 0.15) is 23.1 Å². The van der Waals surface area contributed by atoms with E-state index in [-0.39, 0.29) is 5.91 Å². The molecule has 2 aromatic rings. The van der Waals surface area contributed by atoms with Crippen LogP contribution in [0, 0.1) is 13.8 Å². The average Bonchev–Trinajstić information content (AvgIpc) is 2.92. The molecule has 1 saturated heterocycles. The number of likely N-dealkylation sites (N-methyl/N-ethyl adjacent to an activating group) is 1. The number of hydrogen-bond donors (Lipinski definition) is 0. The Morgan fingerprint density at radius 2 is 1.86 bits per heavy atom. The second kappa shape index (κ2) is 9.65. The van der Waals surface area contributed by atoms with E-state index < -0.39 is 0 Å². The van der Waals surface area contributed by atoms with Crippen LogP contribution < -0.4 is 9.47 Å². The third-order valence-corrected chi connectivity index (χ3v) is 6.26. The number of carbonyl (C=O) groups is 1. The SMILES string of the molecule is Cc1ccc(OCCCOc2ccc(Cl)cc2/C=C2/SC(=S)N(C)C2=O)cc1C.